The molecule has 0 radical (unpaired) electrons. The van der Waals surface area contributed by atoms with E-state index < -0.39 is 12.5 Å². The number of rotatable bonds is 6. The number of thiocarbonyl (C=S) groups is 1. The van der Waals surface area contributed by atoms with Crippen molar-refractivity contribution in [1.82, 2.24) is 4.90 Å². The van der Waals surface area contributed by atoms with Crippen molar-refractivity contribution in [2.24, 2.45) is 0 Å². The molecule has 2 heterocycles. The number of hydrogen-bond acceptors (Lipinski definition) is 6. The highest BCUT2D eigenvalue weighted by Crippen LogP contribution is 2.48. The van der Waals surface area contributed by atoms with Crippen molar-refractivity contribution < 1.29 is 14.7 Å². The van der Waals surface area contributed by atoms with E-state index in [4.69, 9.17) is 17.3 Å². The van der Waals surface area contributed by atoms with Crippen LogP contribution < -0.4 is 4.90 Å². The van der Waals surface area contributed by atoms with Crippen molar-refractivity contribution in [2.75, 3.05) is 18.0 Å². The zero-order valence-corrected chi connectivity index (χ0v) is 18.8. The van der Waals surface area contributed by atoms with Crippen molar-refractivity contribution >= 4 is 69.4 Å². The topological polar surface area (TPSA) is 60.9 Å². The summed E-state index contributed by atoms with van der Waals surface area (Å²) in [5, 5.41) is 8.99. The molecule has 0 spiro atoms. The molecule has 154 valence electrons. The van der Waals surface area contributed by atoms with Crippen molar-refractivity contribution in [2.45, 2.75) is 29.6 Å². The lowest BCUT2D eigenvalue weighted by Gasteiger charge is -2.33. The monoisotopic (exact) mass is 456 g/mol. The summed E-state index contributed by atoms with van der Waals surface area (Å²) in [7, 11) is 0. The summed E-state index contributed by atoms with van der Waals surface area (Å²) >= 11 is 8.05. The maximum atomic E-state index is 12.6. The number of aliphatic carboxylic acids is 1. The number of nitrogens with zero attached hydrogens (tertiary/aromatic N) is 2. The van der Waals surface area contributed by atoms with Crippen LogP contribution in [0.2, 0.25) is 0 Å². The Kier molecular flexibility index (Phi) is 6.17. The third-order valence-electron chi connectivity index (χ3n) is 4.85. The maximum absolute atomic E-state index is 12.6. The molecule has 0 saturated carbocycles. The van der Waals surface area contributed by atoms with Crippen LogP contribution in [-0.4, -0.2) is 39.3 Å². The number of hydrogen-bond donors (Lipinski definition) is 1. The lowest BCUT2D eigenvalue weighted by molar-refractivity contribution is -0.140. The largest absolute Gasteiger partial charge is 0.480 e. The van der Waals surface area contributed by atoms with E-state index in [1.165, 1.54) is 16.3 Å². The molecule has 8 heteroatoms. The van der Waals surface area contributed by atoms with Gasteiger partial charge < -0.3 is 10.0 Å². The van der Waals surface area contributed by atoms with Gasteiger partial charge in [-0.05, 0) is 42.3 Å². The SMILES string of the molecule is CCCCN1c2ccccc2Sc2cc(/C=C3\SC(=S)N(CC(=O)O)C3=O)ccc21. The normalized spacial score (nSPS) is 16.8. The molecule has 1 saturated heterocycles. The van der Waals surface area contributed by atoms with Gasteiger partial charge in [-0.3, -0.25) is 14.5 Å². The van der Waals surface area contributed by atoms with Crippen LogP contribution in [0.25, 0.3) is 6.08 Å². The van der Waals surface area contributed by atoms with Gasteiger partial charge >= 0.3 is 5.97 Å². The van der Waals surface area contributed by atoms with Gasteiger partial charge in [0.05, 0.1) is 16.3 Å². The van der Waals surface area contributed by atoms with Gasteiger partial charge in [-0.1, -0.05) is 67.3 Å². The highest BCUT2D eigenvalue weighted by molar-refractivity contribution is 8.26. The first-order chi connectivity index (χ1) is 14.5. The quantitative estimate of drug-likeness (QED) is 0.463. The molecule has 4 rings (SSSR count). The Labute approximate surface area is 189 Å². The van der Waals surface area contributed by atoms with Crippen LogP contribution in [0.1, 0.15) is 25.3 Å². The molecule has 0 bridgehead atoms. The van der Waals surface area contributed by atoms with Gasteiger partial charge in [-0.2, -0.15) is 0 Å². The van der Waals surface area contributed by atoms with Gasteiger partial charge in [0, 0.05) is 16.3 Å². The van der Waals surface area contributed by atoms with E-state index in [0.717, 1.165) is 46.5 Å². The lowest BCUT2D eigenvalue weighted by atomic mass is 10.1. The van der Waals surface area contributed by atoms with E-state index in [1.54, 1.807) is 17.8 Å². The number of amides is 1. The number of unbranched alkanes of at least 4 members (excludes halogenated alkanes) is 1. The fourth-order valence-corrected chi connectivity index (χ4v) is 5.82. The van der Waals surface area contributed by atoms with Crippen LogP contribution in [0.3, 0.4) is 0 Å². The van der Waals surface area contributed by atoms with E-state index in [9.17, 15) is 9.59 Å². The van der Waals surface area contributed by atoms with Crippen LogP contribution in [0.15, 0.2) is 57.2 Å². The summed E-state index contributed by atoms with van der Waals surface area (Å²) in [6.07, 6.45) is 4.02. The summed E-state index contributed by atoms with van der Waals surface area (Å²) in [5.74, 6) is -1.43. The molecule has 5 nitrogen and oxygen atoms in total. The molecule has 2 aromatic carbocycles. The maximum Gasteiger partial charge on any atom is 0.323 e. The van der Waals surface area contributed by atoms with Crippen molar-refractivity contribution in [3.63, 3.8) is 0 Å². The van der Waals surface area contributed by atoms with Gasteiger partial charge in [0.25, 0.3) is 5.91 Å². The molecule has 2 aliphatic rings. The fraction of sp³-hybridized carbons (Fsp3) is 0.227. The van der Waals surface area contributed by atoms with Gasteiger partial charge in [-0.15, -0.1) is 0 Å². The standard InChI is InChI=1S/C22H20N2O3S3/c1-2-3-10-23-15-6-4-5-7-17(15)29-18-11-14(8-9-16(18)23)12-19-21(27)24(13-20(25)26)22(28)30-19/h4-9,11-12H,2-3,10,13H2,1H3,(H,25,26)/b19-12-. The first-order valence-corrected chi connectivity index (χ1v) is 11.7. The van der Waals surface area contributed by atoms with Gasteiger partial charge in [0.1, 0.15) is 10.9 Å². The third-order valence-corrected chi connectivity index (χ3v) is 7.34. The van der Waals surface area contributed by atoms with Gasteiger partial charge in [0.15, 0.2) is 0 Å². The van der Waals surface area contributed by atoms with Crippen LogP contribution in [-0.2, 0) is 9.59 Å². The Balaban J connectivity index is 1.65. The van der Waals surface area contributed by atoms with Crippen LogP contribution in [0.4, 0.5) is 11.4 Å². The minimum Gasteiger partial charge on any atom is -0.480 e. The summed E-state index contributed by atoms with van der Waals surface area (Å²) in [6.45, 7) is 2.73. The zero-order valence-electron chi connectivity index (χ0n) is 16.3. The van der Waals surface area contributed by atoms with E-state index >= 15 is 0 Å². The van der Waals surface area contributed by atoms with Gasteiger partial charge in [-0.25, -0.2) is 0 Å². The second-order valence-corrected chi connectivity index (χ2v) is 9.72. The molecule has 1 amide bonds. The predicted molar refractivity (Wildman–Crippen MR) is 126 cm³/mol. The number of benzene rings is 2. The third kappa shape index (κ3) is 4.12. The second kappa shape index (κ2) is 8.83. The van der Waals surface area contributed by atoms with Crippen molar-refractivity contribution in [3.8, 4) is 0 Å². The number of fused-ring (bicyclic) bond motifs is 2. The van der Waals surface area contributed by atoms with E-state index in [1.807, 2.05) is 12.1 Å². The number of para-hydroxylation sites is 1. The Morgan fingerprint density at radius 1 is 1.10 bits per heavy atom. The van der Waals surface area contributed by atoms with Crippen LogP contribution in [0, 0.1) is 0 Å². The summed E-state index contributed by atoms with van der Waals surface area (Å²) in [6, 6.07) is 14.6. The van der Waals surface area contributed by atoms with Crippen molar-refractivity contribution in [3.05, 3.63) is 52.9 Å². The van der Waals surface area contributed by atoms with E-state index in [0.29, 0.717) is 4.91 Å². The highest BCUT2D eigenvalue weighted by atomic mass is 32.2. The van der Waals surface area contributed by atoms with Crippen molar-refractivity contribution in [1.29, 1.82) is 0 Å². The molecule has 1 N–H and O–H groups in total. The molecule has 0 atom stereocenters. The molecule has 30 heavy (non-hydrogen) atoms. The molecule has 0 aromatic heterocycles. The molecule has 0 unspecified atom stereocenters. The molecule has 1 fully saturated rings. The number of anilines is 2. The van der Waals surface area contributed by atoms with E-state index in [-0.39, 0.29) is 10.2 Å². The zero-order chi connectivity index (χ0) is 21.3. The average molecular weight is 457 g/mol. The summed E-state index contributed by atoms with van der Waals surface area (Å²) in [4.78, 5) is 29.8. The highest BCUT2D eigenvalue weighted by Gasteiger charge is 2.33. The molecular weight excluding hydrogens is 436 g/mol. The smallest absolute Gasteiger partial charge is 0.323 e. The number of thioether (sulfide) groups is 1. The number of carbonyl (C=O) groups is 2. The molecule has 2 aromatic rings. The second-order valence-electron chi connectivity index (χ2n) is 6.96. The van der Waals surface area contributed by atoms with Crippen LogP contribution >= 0.6 is 35.7 Å². The Bertz CT molecular complexity index is 1070. The first kappa shape index (κ1) is 21.0. The first-order valence-electron chi connectivity index (χ1n) is 9.63. The lowest BCUT2D eigenvalue weighted by Crippen LogP contribution is -2.33. The summed E-state index contributed by atoms with van der Waals surface area (Å²) in [5.41, 5.74) is 3.29. The predicted octanol–water partition coefficient (Wildman–Crippen LogP) is 5.38. The average Bonchev–Trinajstić information content (AvgIpc) is 2.98. The van der Waals surface area contributed by atoms with E-state index in [2.05, 4.69) is 42.2 Å². The van der Waals surface area contributed by atoms with Gasteiger partial charge in [0.2, 0.25) is 0 Å². The molecular formula is C22H20N2O3S3. The Hall–Kier alpha value is -2.29. The number of carboxylic acids is 1. The minimum atomic E-state index is -1.08. The number of carbonyl (C=O) groups excluding carboxylic acids is 1. The number of carboxylic acid groups (broad SMARTS) is 1. The molecule has 0 aliphatic carbocycles. The fourth-order valence-electron chi connectivity index (χ4n) is 3.42. The van der Waals surface area contributed by atoms with Crippen LogP contribution in [0.5, 0.6) is 0 Å². The Morgan fingerprint density at radius 3 is 2.63 bits per heavy atom. The minimum absolute atomic E-state index is 0.278. The summed E-state index contributed by atoms with van der Waals surface area (Å²) < 4.78 is 0.278. The molecule has 2 aliphatic heterocycles. The Morgan fingerprint density at radius 2 is 1.87 bits per heavy atom.